The van der Waals surface area contributed by atoms with Crippen LogP contribution in [0.5, 0.6) is 0 Å². The minimum absolute atomic E-state index is 0.0543. The maximum absolute atomic E-state index is 14.0. The van der Waals surface area contributed by atoms with Crippen molar-refractivity contribution in [2.75, 3.05) is 31.6 Å². The van der Waals surface area contributed by atoms with Gasteiger partial charge in [0.1, 0.15) is 23.9 Å². The molecule has 246 valence electrons. The van der Waals surface area contributed by atoms with Crippen LogP contribution in [0.3, 0.4) is 0 Å². The summed E-state index contributed by atoms with van der Waals surface area (Å²) in [7, 11) is 0. The molecule has 0 spiro atoms. The molecule has 0 radical (unpaired) electrons. The molecule has 5 rings (SSSR count). The molecule has 2 aliphatic heterocycles. The van der Waals surface area contributed by atoms with Crippen LogP contribution in [0.4, 0.5) is 14.9 Å². The molecular weight excluding hydrogens is 583 g/mol. The van der Waals surface area contributed by atoms with Gasteiger partial charge in [0.15, 0.2) is 0 Å². The number of alkyl carbamates (subject to hydrolysis) is 1. The van der Waals surface area contributed by atoms with Crippen LogP contribution < -0.4 is 10.6 Å². The van der Waals surface area contributed by atoms with Gasteiger partial charge in [0, 0.05) is 29.6 Å². The molecule has 0 bridgehead atoms. The maximum Gasteiger partial charge on any atom is 0.407 e. The first kappa shape index (κ1) is 32.7. The number of rotatable bonds is 8. The highest BCUT2D eigenvalue weighted by Crippen LogP contribution is 2.36. The number of benzene rings is 1. The zero-order chi connectivity index (χ0) is 32.3. The number of ether oxygens (including phenoxy) is 1. The van der Waals surface area contributed by atoms with Crippen LogP contribution in [0, 0.1) is 11.8 Å². The van der Waals surface area contributed by atoms with Gasteiger partial charge in [-0.3, -0.25) is 14.5 Å². The second-order valence-corrected chi connectivity index (χ2v) is 13.6. The van der Waals surface area contributed by atoms with Crippen molar-refractivity contribution in [3.05, 3.63) is 30.0 Å². The predicted octanol–water partition coefficient (Wildman–Crippen LogP) is 5.19. The summed E-state index contributed by atoms with van der Waals surface area (Å²) in [6, 6.07) is 4.93. The van der Waals surface area contributed by atoms with Gasteiger partial charge in [-0.15, -0.1) is 0 Å². The number of aromatic carboxylic acids is 1. The fourth-order valence-electron chi connectivity index (χ4n) is 7.16. The summed E-state index contributed by atoms with van der Waals surface area (Å²) in [5.41, 5.74) is 0.216. The molecule has 1 saturated carbocycles. The minimum atomic E-state index is -1.17. The molecule has 1 aromatic carbocycles. The number of carboxylic acids is 1. The van der Waals surface area contributed by atoms with E-state index in [2.05, 4.69) is 15.5 Å². The van der Waals surface area contributed by atoms with Gasteiger partial charge in [0.25, 0.3) is 0 Å². The fraction of sp³-hybridized carbons (Fsp3) is 0.636. The summed E-state index contributed by atoms with van der Waals surface area (Å²) >= 11 is 0. The second-order valence-electron chi connectivity index (χ2n) is 13.6. The Morgan fingerprint density at radius 2 is 1.73 bits per heavy atom. The van der Waals surface area contributed by atoms with Crippen LogP contribution in [0.15, 0.2) is 28.7 Å². The Morgan fingerprint density at radius 1 is 1.02 bits per heavy atom. The number of anilines is 1. The van der Waals surface area contributed by atoms with Crippen LogP contribution in [-0.2, 0) is 14.3 Å². The SMILES string of the molecule is CC(C)(C)OC(=O)N[C@H](CF)[C@H]1CC[C@H](C(=O)N2CCC(N3CCCCC3)[C@H]2C(=O)Nc2ccc3oc(C(=O)O)cc3c2)CC1. The van der Waals surface area contributed by atoms with Crippen LogP contribution >= 0.6 is 0 Å². The van der Waals surface area contributed by atoms with Crippen molar-refractivity contribution in [2.45, 2.75) is 95.9 Å². The van der Waals surface area contributed by atoms with E-state index in [9.17, 15) is 28.7 Å². The number of nitrogens with one attached hydrogen (secondary N) is 2. The lowest BCUT2D eigenvalue weighted by molar-refractivity contribution is -0.142. The van der Waals surface area contributed by atoms with E-state index >= 15 is 0 Å². The Balaban J connectivity index is 1.27. The number of hydrogen-bond acceptors (Lipinski definition) is 7. The van der Waals surface area contributed by atoms with Crippen molar-refractivity contribution in [1.82, 2.24) is 15.1 Å². The number of carbonyl (C=O) groups is 4. The molecule has 11 nitrogen and oxygen atoms in total. The molecular formula is C33H45FN4O7. The number of likely N-dealkylation sites (tertiary alicyclic amines) is 2. The first-order valence-corrected chi connectivity index (χ1v) is 16.1. The van der Waals surface area contributed by atoms with Crippen molar-refractivity contribution in [2.24, 2.45) is 11.8 Å². The lowest BCUT2D eigenvalue weighted by Crippen LogP contribution is -2.55. The predicted molar refractivity (Wildman–Crippen MR) is 166 cm³/mol. The molecule has 3 amide bonds. The molecule has 3 heterocycles. The van der Waals surface area contributed by atoms with Gasteiger partial charge in [0.2, 0.25) is 17.6 Å². The Morgan fingerprint density at radius 3 is 2.38 bits per heavy atom. The zero-order valence-electron chi connectivity index (χ0n) is 26.4. The van der Waals surface area contributed by atoms with Gasteiger partial charge < -0.3 is 29.8 Å². The molecule has 3 fully saturated rings. The first-order chi connectivity index (χ1) is 21.4. The molecule has 3 atom stereocenters. The van der Waals surface area contributed by atoms with Crippen LogP contribution in [0.2, 0.25) is 0 Å². The number of carbonyl (C=O) groups excluding carboxylic acids is 3. The number of hydrogen-bond donors (Lipinski definition) is 3. The third-order valence-electron chi connectivity index (χ3n) is 9.33. The Labute approximate surface area is 262 Å². The number of fused-ring (bicyclic) bond motifs is 1. The number of piperidine rings is 1. The quantitative estimate of drug-likeness (QED) is 0.363. The average Bonchev–Trinajstić information content (AvgIpc) is 3.64. The Bertz CT molecular complexity index is 1390. The number of alkyl halides is 1. The molecule has 1 aromatic heterocycles. The number of nitrogens with zero attached hydrogens (tertiary/aromatic N) is 2. The summed E-state index contributed by atoms with van der Waals surface area (Å²) in [4.78, 5) is 55.7. The number of carboxylic acid groups (broad SMARTS) is 1. The molecule has 12 heteroatoms. The van der Waals surface area contributed by atoms with Crippen molar-refractivity contribution < 1.29 is 37.8 Å². The van der Waals surface area contributed by atoms with Crippen molar-refractivity contribution in [1.29, 1.82) is 0 Å². The van der Waals surface area contributed by atoms with Gasteiger partial charge in [0.05, 0.1) is 6.04 Å². The highest BCUT2D eigenvalue weighted by atomic mass is 19.1. The van der Waals surface area contributed by atoms with Crippen molar-refractivity contribution in [3.63, 3.8) is 0 Å². The minimum Gasteiger partial charge on any atom is -0.475 e. The second kappa shape index (κ2) is 13.8. The van der Waals surface area contributed by atoms with E-state index < -0.39 is 36.4 Å². The monoisotopic (exact) mass is 628 g/mol. The van der Waals surface area contributed by atoms with E-state index in [0.29, 0.717) is 55.3 Å². The maximum atomic E-state index is 14.0. The number of amides is 3. The highest BCUT2D eigenvalue weighted by Gasteiger charge is 2.46. The third-order valence-corrected chi connectivity index (χ3v) is 9.33. The highest BCUT2D eigenvalue weighted by molar-refractivity contribution is 6.00. The van der Waals surface area contributed by atoms with Gasteiger partial charge in [-0.05, 0) is 109 Å². The molecule has 45 heavy (non-hydrogen) atoms. The zero-order valence-corrected chi connectivity index (χ0v) is 26.4. The molecule has 2 saturated heterocycles. The third kappa shape index (κ3) is 7.77. The van der Waals surface area contributed by atoms with Gasteiger partial charge >= 0.3 is 12.1 Å². The summed E-state index contributed by atoms with van der Waals surface area (Å²) < 4.78 is 24.6. The largest absolute Gasteiger partial charge is 0.475 e. The lowest BCUT2D eigenvalue weighted by atomic mass is 9.78. The van der Waals surface area contributed by atoms with E-state index in [0.717, 1.165) is 32.4 Å². The van der Waals surface area contributed by atoms with Crippen molar-refractivity contribution >= 4 is 40.5 Å². The standard InChI is InChI=1S/C33H45FN4O7/c1-33(2,3)45-32(43)36-24(19-34)20-7-9-21(10-8-20)30(40)38-16-13-25(37-14-5-4-6-15-37)28(38)29(39)35-23-11-12-26-22(17-23)18-27(44-26)31(41)42/h11-12,17-18,20-21,24-25,28H,4-10,13-16,19H2,1-3H3,(H,35,39)(H,36,43)(H,41,42)/t20-,21-,24-,25?,28+/m1/s1. The van der Waals surface area contributed by atoms with E-state index in [-0.39, 0.29) is 35.5 Å². The smallest absolute Gasteiger partial charge is 0.407 e. The normalized spacial score (nSPS) is 25.1. The molecule has 1 unspecified atom stereocenters. The topological polar surface area (TPSA) is 141 Å². The van der Waals surface area contributed by atoms with Crippen LogP contribution in [0.1, 0.15) is 82.7 Å². The molecule has 1 aliphatic carbocycles. The number of furan rings is 1. The molecule has 3 N–H and O–H groups in total. The molecule has 2 aromatic rings. The Hall–Kier alpha value is -3.67. The van der Waals surface area contributed by atoms with Crippen LogP contribution in [-0.4, -0.2) is 88.8 Å². The van der Waals surface area contributed by atoms with E-state index in [1.165, 1.54) is 6.07 Å². The number of halogens is 1. The van der Waals surface area contributed by atoms with Gasteiger partial charge in [-0.25, -0.2) is 14.0 Å². The summed E-state index contributed by atoms with van der Waals surface area (Å²) in [6.45, 7) is 6.80. The van der Waals surface area contributed by atoms with E-state index in [1.54, 1.807) is 43.9 Å². The van der Waals surface area contributed by atoms with Gasteiger partial charge in [-0.1, -0.05) is 6.42 Å². The van der Waals surface area contributed by atoms with Crippen molar-refractivity contribution in [3.8, 4) is 0 Å². The van der Waals surface area contributed by atoms with E-state index in [1.807, 2.05) is 0 Å². The van der Waals surface area contributed by atoms with Crippen LogP contribution in [0.25, 0.3) is 11.0 Å². The lowest BCUT2D eigenvalue weighted by Gasteiger charge is -2.38. The average molecular weight is 629 g/mol. The molecule has 3 aliphatic rings. The van der Waals surface area contributed by atoms with Gasteiger partial charge in [-0.2, -0.15) is 0 Å². The Kier molecular flexibility index (Phi) is 10.0. The summed E-state index contributed by atoms with van der Waals surface area (Å²) in [5.74, 6) is -2.07. The summed E-state index contributed by atoms with van der Waals surface area (Å²) in [5, 5.41) is 15.5. The summed E-state index contributed by atoms with van der Waals surface area (Å²) in [6.07, 6.45) is 5.60. The fourth-order valence-corrected chi connectivity index (χ4v) is 7.16. The van der Waals surface area contributed by atoms with E-state index in [4.69, 9.17) is 9.15 Å². The first-order valence-electron chi connectivity index (χ1n) is 16.1.